The first-order valence-electron chi connectivity index (χ1n) is 10.7. The van der Waals surface area contributed by atoms with Gasteiger partial charge in [-0.05, 0) is 49.4 Å². The second kappa shape index (κ2) is 8.88. The Hall–Kier alpha value is -2.22. The lowest BCUT2D eigenvalue weighted by Crippen LogP contribution is -2.50. The minimum atomic E-state index is -0.0745. The van der Waals surface area contributed by atoms with Gasteiger partial charge in [-0.2, -0.15) is 0 Å². The van der Waals surface area contributed by atoms with Gasteiger partial charge in [0.15, 0.2) is 5.69 Å². The number of amides is 2. The average molecular weight is 474 g/mol. The van der Waals surface area contributed by atoms with E-state index in [1.54, 1.807) is 0 Å². The van der Waals surface area contributed by atoms with E-state index in [2.05, 4.69) is 40.1 Å². The molecule has 1 aromatic carbocycles. The van der Waals surface area contributed by atoms with Gasteiger partial charge in [0, 0.05) is 43.0 Å². The molecule has 30 heavy (non-hydrogen) atoms. The SMILES string of the molecule is CC(C)CCC(=O)N1CCN(C(=O)c2nnn(-c3ccc(Br)cc3)c2C2CC2)CC1. The molecule has 7 nitrogen and oxygen atoms in total. The molecule has 2 heterocycles. The highest BCUT2D eigenvalue weighted by atomic mass is 79.9. The monoisotopic (exact) mass is 473 g/mol. The normalized spacial score (nSPS) is 16.9. The van der Waals surface area contributed by atoms with E-state index >= 15 is 0 Å². The van der Waals surface area contributed by atoms with Crippen molar-refractivity contribution in [3.05, 3.63) is 40.1 Å². The Morgan fingerprint density at radius 3 is 2.30 bits per heavy atom. The molecule has 8 heteroatoms. The number of hydrogen-bond donors (Lipinski definition) is 0. The number of hydrogen-bond acceptors (Lipinski definition) is 4. The molecule has 0 N–H and O–H groups in total. The van der Waals surface area contributed by atoms with E-state index in [0.717, 1.165) is 35.1 Å². The lowest BCUT2D eigenvalue weighted by atomic mass is 10.1. The van der Waals surface area contributed by atoms with Crippen LogP contribution in [0.5, 0.6) is 0 Å². The lowest BCUT2D eigenvalue weighted by molar-refractivity contribution is -0.132. The zero-order valence-electron chi connectivity index (χ0n) is 17.6. The molecule has 160 valence electrons. The lowest BCUT2D eigenvalue weighted by Gasteiger charge is -2.34. The van der Waals surface area contributed by atoms with Crippen molar-refractivity contribution in [2.24, 2.45) is 5.92 Å². The van der Waals surface area contributed by atoms with Crippen molar-refractivity contribution in [2.75, 3.05) is 26.2 Å². The Kier molecular flexibility index (Phi) is 6.22. The molecule has 0 radical (unpaired) electrons. The Balaban J connectivity index is 1.46. The molecule has 1 saturated carbocycles. The summed E-state index contributed by atoms with van der Waals surface area (Å²) < 4.78 is 2.81. The Morgan fingerprint density at radius 2 is 1.70 bits per heavy atom. The number of aromatic nitrogens is 3. The van der Waals surface area contributed by atoms with Crippen molar-refractivity contribution in [1.29, 1.82) is 0 Å². The minimum absolute atomic E-state index is 0.0745. The highest BCUT2D eigenvalue weighted by Crippen LogP contribution is 2.42. The van der Waals surface area contributed by atoms with Crippen molar-refractivity contribution >= 4 is 27.7 Å². The first kappa shape index (κ1) is 21.0. The fourth-order valence-corrected chi connectivity index (χ4v) is 4.08. The summed E-state index contributed by atoms with van der Waals surface area (Å²) in [4.78, 5) is 29.3. The van der Waals surface area contributed by atoms with Gasteiger partial charge in [-0.1, -0.05) is 35.0 Å². The standard InChI is InChI=1S/C22H28BrN5O2/c1-15(2)3-10-19(29)26-11-13-27(14-12-26)22(30)20-21(16-4-5-16)28(25-24-20)18-8-6-17(23)7-9-18/h6-9,15-16H,3-5,10-14H2,1-2H3. The van der Waals surface area contributed by atoms with E-state index in [-0.39, 0.29) is 11.8 Å². The highest BCUT2D eigenvalue weighted by molar-refractivity contribution is 9.10. The van der Waals surface area contributed by atoms with Crippen LogP contribution in [0.3, 0.4) is 0 Å². The molecule has 1 aliphatic heterocycles. The Labute approximate surface area is 185 Å². The summed E-state index contributed by atoms with van der Waals surface area (Å²) in [6.07, 6.45) is 3.60. The largest absolute Gasteiger partial charge is 0.339 e. The molecule has 0 unspecified atom stereocenters. The summed E-state index contributed by atoms with van der Waals surface area (Å²) in [5, 5.41) is 8.60. The third-order valence-corrected chi connectivity index (χ3v) is 6.33. The number of nitrogens with zero attached hydrogens (tertiary/aromatic N) is 5. The molecule has 2 amide bonds. The fraction of sp³-hybridized carbons (Fsp3) is 0.545. The maximum atomic E-state index is 13.2. The van der Waals surface area contributed by atoms with Crippen LogP contribution in [0.4, 0.5) is 0 Å². The molecule has 2 aromatic rings. The van der Waals surface area contributed by atoms with Gasteiger partial charge in [0.2, 0.25) is 5.91 Å². The number of benzene rings is 1. The topological polar surface area (TPSA) is 71.3 Å². The van der Waals surface area contributed by atoms with Crippen LogP contribution in [0, 0.1) is 5.92 Å². The zero-order valence-corrected chi connectivity index (χ0v) is 19.1. The van der Waals surface area contributed by atoms with E-state index in [0.29, 0.717) is 50.1 Å². The summed E-state index contributed by atoms with van der Waals surface area (Å²) in [5.41, 5.74) is 2.28. The van der Waals surface area contributed by atoms with E-state index in [1.165, 1.54) is 0 Å². The average Bonchev–Trinajstić information content (AvgIpc) is 3.50. The maximum absolute atomic E-state index is 13.2. The Morgan fingerprint density at radius 1 is 1.07 bits per heavy atom. The van der Waals surface area contributed by atoms with E-state index in [1.807, 2.05) is 38.7 Å². The summed E-state index contributed by atoms with van der Waals surface area (Å²) in [6.45, 7) is 6.51. The third-order valence-electron chi connectivity index (χ3n) is 5.80. The summed E-state index contributed by atoms with van der Waals surface area (Å²) in [6, 6.07) is 7.87. The van der Waals surface area contributed by atoms with E-state index in [9.17, 15) is 9.59 Å². The first-order chi connectivity index (χ1) is 14.4. The van der Waals surface area contributed by atoms with Crippen molar-refractivity contribution in [3.8, 4) is 5.69 Å². The van der Waals surface area contributed by atoms with Crippen LogP contribution < -0.4 is 0 Å². The predicted molar refractivity (Wildman–Crippen MR) is 118 cm³/mol. The molecule has 1 aliphatic carbocycles. The molecular formula is C22H28BrN5O2. The van der Waals surface area contributed by atoms with Crippen LogP contribution in [0.15, 0.2) is 28.7 Å². The minimum Gasteiger partial charge on any atom is -0.339 e. The molecule has 0 atom stereocenters. The van der Waals surface area contributed by atoms with Gasteiger partial charge in [-0.3, -0.25) is 9.59 Å². The summed E-state index contributed by atoms with van der Waals surface area (Å²) >= 11 is 3.46. The first-order valence-corrected chi connectivity index (χ1v) is 11.5. The van der Waals surface area contributed by atoms with Crippen LogP contribution in [0.25, 0.3) is 5.69 Å². The van der Waals surface area contributed by atoms with E-state index < -0.39 is 0 Å². The van der Waals surface area contributed by atoms with Gasteiger partial charge in [-0.25, -0.2) is 4.68 Å². The second-order valence-corrected chi connectivity index (χ2v) is 9.51. The molecule has 0 spiro atoms. The molecule has 2 aliphatic rings. The smallest absolute Gasteiger partial charge is 0.276 e. The molecule has 2 fully saturated rings. The molecular weight excluding hydrogens is 446 g/mol. The number of carbonyl (C=O) groups excluding carboxylic acids is 2. The van der Waals surface area contributed by atoms with Gasteiger partial charge in [0.05, 0.1) is 11.4 Å². The van der Waals surface area contributed by atoms with Gasteiger partial charge in [-0.15, -0.1) is 5.10 Å². The van der Waals surface area contributed by atoms with Gasteiger partial charge in [0.1, 0.15) is 0 Å². The van der Waals surface area contributed by atoms with Crippen molar-refractivity contribution in [2.45, 2.75) is 45.4 Å². The number of halogens is 1. The van der Waals surface area contributed by atoms with Crippen LogP contribution in [-0.4, -0.2) is 62.8 Å². The van der Waals surface area contributed by atoms with E-state index in [4.69, 9.17) is 0 Å². The number of rotatable bonds is 6. The Bertz CT molecular complexity index is 912. The van der Waals surface area contributed by atoms with Gasteiger partial charge >= 0.3 is 0 Å². The summed E-state index contributed by atoms with van der Waals surface area (Å²) in [7, 11) is 0. The highest BCUT2D eigenvalue weighted by Gasteiger charge is 2.36. The molecule has 4 rings (SSSR count). The molecule has 1 saturated heterocycles. The van der Waals surface area contributed by atoms with Crippen LogP contribution in [0.2, 0.25) is 0 Å². The molecule has 0 bridgehead atoms. The van der Waals surface area contributed by atoms with Crippen molar-refractivity contribution < 1.29 is 9.59 Å². The quantitative estimate of drug-likeness (QED) is 0.641. The van der Waals surface area contributed by atoms with Crippen molar-refractivity contribution in [3.63, 3.8) is 0 Å². The zero-order chi connectivity index (χ0) is 21.3. The van der Waals surface area contributed by atoms with Crippen LogP contribution in [0.1, 0.15) is 61.6 Å². The predicted octanol–water partition coefficient (Wildman–Crippen LogP) is 3.63. The summed E-state index contributed by atoms with van der Waals surface area (Å²) in [5.74, 6) is 0.970. The molecule has 1 aromatic heterocycles. The van der Waals surface area contributed by atoms with Gasteiger partial charge < -0.3 is 9.80 Å². The van der Waals surface area contributed by atoms with Crippen molar-refractivity contribution in [1.82, 2.24) is 24.8 Å². The third kappa shape index (κ3) is 4.58. The number of piperazine rings is 1. The number of carbonyl (C=O) groups is 2. The van der Waals surface area contributed by atoms with Crippen LogP contribution in [-0.2, 0) is 4.79 Å². The maximum Gasteiger partial charge on any atom is 0.276 e. The van der Waals surface area contributed by atoms with Crippen LogP contribution >= 0.6 is 15.9 Å². The second-order valence-electron chi connectivity index (χ2n) is 8.59. The van der Waals surface area contributed by atoms with Gasteiger partial charge in [0.25, 0.3) is 5.91 Å². The fourth-order valence-electron chi connectivity index (χ4n) is 3.82.